The number of fused-ring (bicyclic) bond motifs is 8. The highest BCUT2D eigenvalue weighted by molar-refractivity contribution is 7.13. The van der Waals surface area contributed by atoms with Crippen LogP contribution in [0, 0.1) is 0 Å². The molecule has 0 saturated carbocycles. The molecule has 4 aliphatic rings. The number of nitrogens with zero attached hydrogens (tertiary/aromatic N) is 2. The zero-order valence-electron chi connectivity index (χ0n) is 69.5. The van der Waals surface area contributed by atoms with Gasteiger partial charge in [-0.2, -0.15) is 0 Å². The Balaban J connectivity index is 0.738. The topological polar surface area (TPSA) is 74.8 Å². The van der Waals surface area contributed by atoms with Gasteiger partial charge < -0.3 is 0 Å². The maximum atomic E-state index is 15.8. The van der Waals surface area contributed by atoms with Crippen molar-refractivity contribution < 1.29 is 19.2 Å². The van der Waals surface area contributed by atoms with Gasteiger partial charge in [0.05, 0.1) is 11.4 Å². The van der Waals surface area contributed by atoms with E-state index in [0.29, 0.717) is 44.4 Å². The van der Waals surface area contributed by atoms with Gasteiger partial charge in [-0.25, -0.2) is 9.80 Å². The first kappa shape index (κ1) is 81.1. The molecule has 2 aromatic heterocycles. The Morgan fingerprint density at radius 3 is 0.737 bits per heavy atom. The smallest absolute Gasteiger partial charge is 0.265 e. The van der Waals surface area contributed by atoms with Crippen LogP contribution in [0.15, 0.2) is 156 Å². The summed E-state index contributed by atoms with van der Waals surface area (Å²) in [6, 6.07) is 52.2. The third-order valence-corrected chi connectivity index (χ3v) is 29.1. The average Bonchev–Trinajstić information content (AvgIpc) is 0.805. The summed E-state index contributed by atoms with van der Waals surface area (Å²) in [4.78, 5) is 68.8. The molecule has 114 heavy (non-hydrogen) atoms. The maximum absolute atomic E-state index is 15.8. The second kappa shape index (κ2) is 38.4. The summed E-state index contributed by atoms with van der Waals surface area (Å²) < 4.78 is 0. The molecule has 0 atom stereocenters. The van der Waals surface area contributed by atoms with Crippen LogP contribution in [-0.2, 0) is 10.8 Å². The molecular weight excluding hydrogens is 1430 g/mol. The Hall–Kier alpha value is -8.04. The molecule has 2 aliphatic carbocycles. The second-order valence-corrected chi connectivity index (χ2v) is 36.8. The van der Waals surface area contributed by atoms with Gasteiger partial charge in [-0.3, -0.25) is 19.2 Å². The fourth-order valence-corrected chi connectivity index (χ4v) is 22.6. The van der Waals surface area contributed by atoms with Crippen LogP contribution in [0.2, 0.25) is 0 Å². The van der Waals surface area contributed by atoms with Crippen molar-refractivity contribution >= 4 is 101 Å². The van der Waals surface area contributed by atoms with Gasteiger partial charge >= 0.3 is 0 Å². The van der Waals surface area contributed by atoms with Crippen molar-refractivity contribution in [3.05, 3.63) is 201 Å². The third-order valence-electron chi connectivity index (χ3n) is 27.3. The molecule has 0 fully saturated rings. The Kier molecular flexibility index (Phi) is 27.3. The van der Waals surface area contributed by atoms with E-state index in [1.165, 1.54) is 306 Å². The van der Waals surface area contributed by atoms with E-state index in [4.69, 9.17) is 0 Å². The molecule has 15 rings (SSSR count). The van der Waals surface area contributed by atoms with Crippen molar-refractivity contribution in [1.29, 1.82) is 0 Å². The fraction of sp³-hybridized carbons (Fsp3) is 0.472. The molecule has 0 bridgehead atoms. The molecule has 8 heteroatoms. The van der Waals surface area contributed by atoms with Gasteiger partial charge in [0.1, 0.15) is 0 Å². The van der Waals surface area contributed by atoms with Crippen LogP contribution in [-0.4, -0.2) is 23.6 Å². The number of unbranched alkanes of at least 4 members (excludes halogenated alkanes) is 36. The summed E-state index contributed by atoms with van der Waals surface area (Å²) in [6.07, 6.45) is 55.2. The number of anilines is 2. The lowest BCUT2D eigenvalue weighted by Crippen LogP contribution is -2.41. The van der Waals surface area contributed by atoms with Crippen LogP contribution < -0.4 is 9.80 Å². The molecule has 9 aromatic carbocycles. The van der Waals surface area contributed by atoms with Crippen LogP contribution >= 0.6 is 22.7 Å². The number of hydrogen-bond donors (Lipinski definition) is 0. The number of rotatable bonds is 48. The Labute approximate surface area is 690 Å². The van der Waals surface area contributed by atoms with E-state index in [1.54, 1.807) is 22.7 Å². The molecule has 0 spiro atoms. The molecule has 4 heterocycles. The predicted molar refractivity (Wildman–Crippen MR) is 488 cm³/mol. The number of carbonyl (C=O) groups excluding carboxylic acids is 4. The van der Waals surface area contributed by atoms with Gasteiger partial charge in [0.25, 0.3) is 23.6 Å². The average molecular weight is 1560 g/mol. The summed E-state index contributed by atoms with van der Waals surface area (Å²) in [5.41, 5.74) is 15.5. The normalized spacial score (nSPS) is 14.5. The largest absolute Gasteiger partial charge is 0.268 e. The van der Waals surface area contributed by atoms with Crippen LogP contribution in [0.4, 0.5) is 11.4 Å². The standard InChI is InChI=1S/C106H126N2O4S2/c1-5-9-13-17-21-25-29-33-37-41-65-105(66-42-38-34-30-26-22-18-14-10-6-2)91-71-75(95-47-45-69-113-95)49-53-79(91)81-55-51-77(73-93(81)105)107-101(109)87-61-57-83-85-59-63-89-100-90(64-60-86(98(85)100)84-58-62-88(102(107)110)99(87)97(83)84)104(112)108(103(89)111)78-52-56-82-80-54-50-76(96-48-46-70-114-96)72-92(80)106(94(82)74-78,67-43-39-35-31-27-23-19-15-11-7-3)68-44-40-36-32-28-24-20-16-12-8-4/h45-64,69-74H,5-44,65-68H2,1-4H3. The number of benzene rings is 9. The van der Waals surface area contributed by atoms with Gasteiger partial charge in [-0.15, -0.1) is 22.7 Å². The first-order chi connectivity index (χ1) is 56.1. The van der Waals surface area contributed by atoms with Gasteiger partial charge in [-0.05, 0) is 197 Å². The van der Waals surface area contributed by atoms with Gasteiger partial charge in [-0.1, -0.05) is 357 Å². The summed E-state index contributed by atoms with van der Waals surface area (Å²) in [7, 11) is 0. The van der Waals surface area contributed by atoms with Crippen molar-refractivity contribution in [3.8, 4) is 43.1 Å². The summed E-state index contributed by atoms with van der Waals surface area (Å²) in [5, 5.41) is 11.0. The van der Waals surface area contributed by atoms with E-state index in [-0.39, 0.29) is 34.5 Å². The number of carbonyl (C=O) groups is 4. The number of imide groups is 2. The third kappa shape index (κ3) is 16.6. The Bertz CT molecular complexity index is 4650. The molecule has 11 aromatic rings. The van der Waals surface area contributed by atoms with Crippen LogP contribution in [0.3, 0.4) is 0 Å². The van der Waals surface area contributed by atoms with E-state index in [1.807, 2.05) is 36.4 Å². The molecular formula is C106H126N2O4S2. The minimum absolute atomic E-state index is 0.286. The van der Waals surface area contributed by atoms with Crippen molar-refractivity contribution in [2.45, 2.75) is 321 Å². The highest BCUT2D eigenvalue weighted by atomic mass is 32.1. The molecule has 0 N–H and O–H groups in total. The quantitative estimate of drug-likeness (QED) is 0.0165. The van der Waals surface area contributed by atoms with E-state index in [2.05, 4.69) is 148 Å². The Morgan fingerprint density at radius 2 is 0.482 bits per heavy atom. The van der Waals surface area contributed by atoms with Crippen molar-refractivity contribution in [3.63, 3.8) is 0 Å². The molecule has 0 unspecified atom stereocenters. The zero-order chi connectivity index (χ0) is 78.4. The molecule has 2 aliphatic heterocycles. The van der Waals surface area contributed by atoms with Gasteiger partial charge in [0, 0.05) is 53.6 Å². The predicted octanol–water partition coefficient (Wildman–Crippen LogP) is 32.6. The highest BCUT2D eigenvalue weighted by Crippen LogP contribution is 2.59. The lowest BCUT2D eigenvalue weighted by molar-refractivity contribution is 0.0877. The van der Waals surface area contributed by atoms with E-state index < -0.39 is 0 Å². The fourth-order valence-electron chi connectivity index (χ4n) is 21.2. The van der Waals surface area contributed by atoms with E-state index in [0.717, 1.165) is 83.7 Å². The lowest BCUT2D eigenvalue weighted by atomic mass is 9.70. The monoisotopic (exact) mass is 1550 g/mol. The number of amides is 4. The SMILES string of the molecule is CCCCCCCCCCCCC1(CCCCCCCCCCCC)c2cc(-c3cccs3)ccc2-c2ccc(N3C(=O)c4ccc5c6ccc7c8c(ccc(c9ccc(c4c59)C3=O)c86)C(=O)N(c3ccc4c(c3)C(CCCCCCCCCCCC)(CCCCCCCCCCCC)c3cc(-c5cccs5)ccc3-4)C7=O)cc21. The molecule has 6 nitrogen and oxygen atoms in total. The number of thiophene rings is 2. The van der Waals surface area contributed by atoms with Crippen LogP contribution in [0.5, 0.6) is 0 Å². The summed E-state index contributed by atoms with van der Waals surface area (Å²) >= 11 is 3.59. The lowest BCUT2D eigenvalue weighted by Gasteiger charge is -2.34. The summed E-state index contributed by atoms with van der Waals surface area (Å²) in [5.74, 6) is -1.27. The van der Waals surface area contributed by atoms with E-state index in [9.17, 15) is 0 Å². The van der Waals surface area contributed by atoms with Gasteiger partial charge in [0.2, 0.25) is 0 Å². The Morgan fingerprint density at radius 1 is 0.246 bits per heavy atom. The highest BCUT2D eigenvalue weighted by Gasteiger charge is 2.47. The molecule has 0 radical (unpaired) electrons. The van der Waals surface area contributed by atoms with Gasteiger partial charge in [0.15, 0.2) is 0 Å². The van der Waals surface area contributed by atoms with Crippen molar-refractivity contribution in [1.82, 2.24) is 0 Å². The molecule has 4 amide bonds. The maximum Gasteiger partial charge on any atom is 0.265 e. The first-order valence-electron chi connectivity index (χ1n) is 45.8. The minimum Gasteiger partial charge on any atom is -0.268 e. The molecule has 596 valence electrons. The van der Waals surface area contributed by atoms with Crippen molar-refractivity contribution in [2.75, 3.05) is 9.80 Å². The van der Waals surface area contributed by atoms with Crippen LogP contribution in [0.25, 0.3) is 86.2 Å². The summed E-state index contributed by atoms with van der Waals surface area (Å²) in [6.45, 7) is 9.18. The van der Waals surface area contributed by atoms with Crippen molar-refractivity contribution in [2.24, 2.45) is 0 Å². The van der Waals surface area contributed by atoms with E-state index >= 15 is 19.2 Å². The first-order valence-corrected chi connectivity index (χ1v) is 47.5. The van der Waals surface area contributed by atoms with Crippen LogP contribution in [0.1, 0.15) is 374 Å². The second-order valence-electron chi connectivity index (χ2n) is 34.9. The minimum atomic E-state index is -0.317. The number of hydrogen-bond acceptors (Lipinski definition) is 6. The zero-order valence-corrected chi connectivity index (χ0v) is 71.1. The molecule has 0 saturated heterocycles.